The molecule has 0 bridgehead atoms. The standard InChI is InChI=1S/C23H20ClFN6O2/c1-11-5-14(12(2)27-15-3-4-18(24)29-20(15)22(32)33)19-16(6-11)28-17(8-26)21(30-19)31-9-13-7-23(13,25)10-31/h3-6,12-13,27H,7,9-10H2,1-2H3,(H,32,33)/t12-,13?,23-/m1/s1. The largest absolute Gasteiger partial charge is 0.476 e. The second-order valence-electron chi connectivity index (χ2n) is 8.75. The molecule has 2 aromatic heterocycles. The van der Waals surface area contributed by atoms with Crippen molar-refractivity contribution in [2.24, 2.45) is 5.92 Å². The highest BCUT2D eigenvalue weighted by Crippen LogP contribution is 2.53. The Bertz CT molecular complexity index is 1360. The fourth-order valence-electron chi connectivity index (χ4n) is 4.56. The molecule has 3 aromatic rings. The summed E-state index contributed by atoms with van der Waals surface area (Å²) in [4.78, 5) is 26.6. The van der Waals surface area contributed by atoms with Gasteiger partial charge in [-0.05, 0) is 44.0 Å². The van der Waals surface area contributed by atoms with Crippen LogP contribution >= 0.6 is 11.6 Å². The molecule has 0 spiro atoms. The Morgan fingerprint density at radius 2 is 2.18 bits per heavy atom. The van der Waals surface area contributed by atoms with Gasteiger partial charge >= 0.3 is 5.97 Å². The summed E-state index contributed by atoms with van der Waals surface area (Å²) in [5.74, 6) is -0.841. The maximum atomic E-state index is 14.6. The number of alkyl halides is 1. The molecule has 33 heavy (non-hydrogen) atoms. The number of piperidine rings is 1. The van der Waals surface area contributed by atoms with Crippen LogP contribution in [0.2, 0.25) is 5.15 Å². The number of benzene rings is 1. The van der Waals surface area contributed by atoms with Gasteiger partial charge in [0.1, 0.15) is 16.9 Å². The van der Waals surface area contributed by atoms with E-state index in [1.54, 1.807) is 11.0 Å². The Morgan fingerprint density at radius 3 is 2.85 bits per heavy atom. The number of nitrogens with zero attached hydrogens (tertiary/aromatic N) is 5. The summed E-state index contributed by atoms with van der Waals surface area (Å²) in [5, 5.41) is 22.4. The smallest absolute Gasteiger partial charge is 0.356 e. The Balaban J connectivity index is 1.57. The van der Waals surface area contributed by atoms with Gasteiger partial charge in [0.05, 0.1) is 29.3 Å². The lowest BCUT2D eigenvalue weighted by molar-refractivity contribution is 0.0691. The zero-order valence-corrected chi connectivity index (χ0v) is 18.7. The van der Waals surface area contributed by atoms with Gasteiger partial charge in [-0.25, -0.2) is 24.1 Å². The Kier molecular flexibility index (Phi) is 4.87. The number of halogens is 2. The number of aromatic carboxylic acids is 1. The molecule has 1 saturated carbocycles. The van der Waals surface area contributed by atoms with Crippen molar-refractivity contribution in [1.82, 2.24) is 15.0 Å². The van der Waals surface area contributed by atoms with Crippen LogP contribution in [0.1, 0.15) is 46.7 Å². The average molecular weight is 467 g/mol. The van der Waals surface area contributed by atoms with E-state index in [1.165, 1.54) is 6.07 Å². The van der Waals surface area contributed by atoms with Crippen LogP contribution in [0.25, 0.3) is 11.0 Å². The normalized spacial score (nSPS) is 22.0. The lowest BCUT2D eigenvalue weighted by atomic mass is 10.0. The number of aryl methyl sites for hydroxylation is 1. The molecular formula is C23H20ClFN6O2. The highest BCUT2D eigenvalue weighted by Gasteiger charge is 2.61. The number of nitrogens with one attached hydrogen (secondary N) is 1. The molecule has 8 nitrogen and oxygen atoms in total. The van der Waals surface area contributed by atoms with Crippen LogP contribution in [0.15, 0.2) is 24.3 Å². The summed E-state index contributed by atoms with van der Waals surface area (Å²) < 4.78 is 14.6. The van der Waals surface area contributed by atoms with Crippen molar-refractivity contribution in [2.75, 3.05) is 23.3 Å². The third-order valence-corrected chi connectivity index (χ3v) is 6.50. The number of carbonyl (C=O) groups is 1. The number of rotatable bonds is 5. The molecule has 1 saturated heterocycles. The number of fused-ring (bicyclic) bond motifs is 2. The third-order valence-electron chi connectivity index (χ3n) is 6.28. The fraction of sp³-hybridized carbons (Fsp3) is 0.348. The third kappa shape index (κ3) is 3.70. The highest BCUT2D eigenvalue weighted by atomic mass is 35.5. The summed E-state index contributed by atoms with van der Waals surface area (Å²) in [7, 11) is 0. The summed E-state index contributed by atoms with van der Waals surface area (Å²) >= 11 is 5.87. The van der Waals surface area contributed by atoms with Gasteiger partial charge in [-0.1, -0.05) is 17.7 Å². The molecule has 168 valence electrons. The van der Waals surface area contributed by atoms with Crippen molar-refractivity contribution in [1.29, 1.82) is 5.26 Å². The van der Waals surface area contributed by atoms with Crippen molar-refractivity contribution >= 4 is 40.1 Å². The molecule has 0 amide bonds. The van der Waals surface area contributed by atoms with Crippen LogP contribution in [-0.4, -0.2) is 44.8 Å². The molecule has 0 radical (unpaired) electrons. The maximum absolute atomic E-state index is 14.6. The van der Waals surface area contributed by atoms with Crippen molar-refractivity contribution in [3.63, 3.8) is 0 Å². The van der Waals surface area contributed by atoms with E-state index in [1.807, 2.05) is 26.0 Å². The minimum Gasteiger partial charge on any atom is -0.476 e. The lowest BCUT2D eigenvalue weighted by Crippen LogP contribution is -2.27. The van der Waals surface area contributed by atoms with Gasteiger partial charge in [-0.3, -0.25) is 0 Å². The van der Waals surface area contributed by atoms with Crippen LogP contribution < -0.4 is 10.2 Å². The molecule has 1 unspecified atom stereocenters. The Hall–Kier alpha value is -3.51. The van der Waals surface area contributed by atoms with Crippen LogP contribution in [0.4, 0.5) is 15.9 Å². The number of aromatic nitrogens is 3. The summed E-state index contributed by atoms with van der Waals surface area (Å²) in [6, 6.07) is 8.59. The van der Waals surface area contributed by atoms with Crippen LogP contribution in [0, 0.1) is 24.2 Å². The quantitative estimate of drug-likeness (QED) is 0.535. The minimum absolute atomic E-state index is 0.0218. The molecule has 2 fully saturated rings. The fourth-order valence-corrected chi connectivity index (χ4v) is 4.70. The van der Waals surface area contributed by atoms with Crippen LogP contribution in [-0.2, 0) is 0 Å². The van der Waals surface area contributed by atoms with Gasteiger partial charge in [0.2, 0.25) is 0 Å². The molecular weight excluding hydrogens is 447 g/mol. The zero-order chi connectivity index (χ0) is 23.5. The molecule has 2 aliphatic rings. The topological polar surface area (TPSA) is 115 Å². The summed E-state index contributed by atoms with van der Waals surface area (Å²) in [6.45, 7) is 4.50. The van der Waals surface area contributed by atoms with Crippen molar-refractivity contribution in [3.8, 4) is 6.07 Å². The van der Waals surface area contributed by atoms with Crippen LogP contribution in [0.5, 0.6) is 0 Å². The molecule has 1 aliphatic heterocycles. The predicted octanol–water partition coefficient (Wildman–Crippen LogP) is 4.28. The number of nitriles is 1. The van der Waals surface area contributed by atoms with Crippen molar-refractivity contribution < 1.29 is 14.3 Å². The second-order valence-corrected chi connectivity index (χ2v) is 9.13. The molecule has 1 aromatic carbocycles. The van der Waals surface area contributed by atoms with Gasteiger partial charge in [0.15, 0.2) is 17.2 Å². The predicted molar refractivity (Wildman–Crippen MR) is 121 cm³/mol. The number of pyridine rings is 1. The molecule has 1 aliphatic carbocycles. The highest BCUT2D eigenvalue weighted by molar-refractivity contribution is 6.29. The first-order valence-electron chi connectivity index (χ1n) is 10.5. The summed E-state index contributed by atoms with van der Waals surface area (Å²) in [5.41, 5.74) is 1.91. The summed E-state index contributed by atoms with van der Waals surface area (Å²) in [6.07, 6.45) is 0.554. The van der Waals surface area contributed by atoms with E-state index in [-0.39, 0.29) is 35.0 Å². The zero-order valence-electron chi connectivity index (χ0n) is 17.9. The average Bonchev–Trinajstić information content (AvgIpc) is 3.29. The van der Waals surface area contributed by atoms with Gasteiger partial charge in [0.25, 0.3) is 0 Å². The Labute approximate surface area is 194 Å². The number of anilines is 2. The van der Waals surface area contributed by atoms with Crippen LogP contribution in [0.3, 0.4) is 0 Å². The Morgan fingerprint density at radius 1 is 1.39 bits per heavy atom. The lowest BCUT2D eigenvalue weighted by Gasteiger charge is -2.23. The second kappa shape index (κ2) is 7.52. The molecule has 3 atom stereocenters. The number of hydrogen-bond donors (Lipinski definition) is 2. The van der Waals surface area contributed by atoms with Gasteiger partial charge in [-0.15, -0.1) is 0 Å². The minimum atomic E-state index is -1.20. The molecule has 10 heteroatoms. The maximum Gasteiger partial charge on any atom is 0.356 e. The first-order valence-corrected chi connectivity index (χ1v) is 10.9. The molecule has 2 N–H and O–H groups in total. The van der Waals surface area contributed by atoms with Crippen molar-refractivity contribution in [2.45, 2.75) is 32.0 Å². The van der Waals surface area contributed by atoms with Gasteiger partial charge < -0.3 is 15.3 Å². The van der Waals surface area contributed by atoms with E-state index in [0.717, 1.165) is 11.1 Å². The molecule has 5 rings (SSSR count). The van der Waals surface area contributed by atoms with Gasteiger partial charge in [-0.2, -0.15) is 5.26 Å². The van der Waals surface area contributed by atoms with E-state index < -0.39 is 11.6 Å². The van der Waals surface area contributed by atoms with Gasteiger partial charge in [0, 0.05) is 18.0 Å². The SMILES string of the molecule is Cc1cc([C@@H](C)Nc2ccc(Cl)nc2C(=O)O)c2nc(N3CC4C[C@@]4(F)C3)c(C#N)nc2c1. The number of carboxylic acid groups (broad SMARTS) is 1. The van der Waals surface area contributed by atoms with E-state index in [9.17, 15) is 19.6 Å². The first kappa shape index (κ1) is 21.3. The first-order chi connectivity index (χ1) is 15.7. The van der Waals surface area contributed by atoms with E-state index >= 15 is 0 Å². The van der Waals surface area contributed by atoms with E-state index in [4.69, 9.17) is 16.6 Å². The number of hydrogen-bond acceptors (Lipinski definition) is 7. The van der Waals surface area contributed by atoms with Crippen molar-refractivity contribution in [3.05, 3.63) is 51.9 Å². The molecule has 3 heterocycles. The monoisotopic (exact) mass is 466 g/mol. The van der Waals surface area contributed by atoms with E-state index in [0.29, 0.717) is 35.5 Å². The number of carboxylic acids is 1. The van der Waals surface area contributed by atoms with E-state index in [2.05, 4.69) is 21.4 Å².